The van der Waals surface area contributed by atoms with Crippen LogP contribution >= 0.6 is 0 Å². The highest BCUT2D eigenvalue weighted by molar-refractivity contribution is 5.78. The van der Waals surface area contributed by atoms with Crippen molar-refractivity contribution in [1.82, 2.24) is 5.32 Å². The standard InChI is InChI=1S/C15H25NO3/c1-10-4-2-5-11(8-10)9-14(17)16-13-7-3-6-12(13)15(18)19/h10-13H,2-9H2,1H3,(H,16,17)(H,18,19)/t10?,11?,12-,13+/m0/s1. The van der Waals surface area contributed by atoms with Gasteiger partial charge in [0, 0.05) is 12.5 Å². The Balaban J connectivity index is 1.79. The smallest absolute Gasteiger partial charge is 0.308 e. The largest absolute Gasteiger partial charge is 0.481 e. The quantitative estimate of drug-likeness (QED) is 0.822. The van der Waals surface area contributed by atoms with Gasteiger partial charge in [0.05, 0.1) is 5.92 Å². The minimum absolute atomic E-state index is 0.0530. The van der Waals surface area contributed by atoms with Crippen LogP contribution in [0.4, 0.5) is 0 Å². The van der Waals surface area contributed by atoms with Crippen LogP contribution in [0.5, 0.6) is 0 Å². The Bertz CT molecular complexity index is 342. The van der Waals surface area contributed by atoms with Crippen molar-refractivity contribution < 1.29 is 14.7 Å². The summed E-state index contributed by atoms with van der Waals surface area (Å²) in [6.07, 6.45) is 7.77. The molecule has 1 amide bonds. The summed E-state index contributed by atoms with van der Waals surface area (Å²) in [5, 5.41) is 12.1. The number of carbonyl (C=O) groups excluding carboxylic acids is 1. The maximum atomic E-state index is 12.0. The van der Waals surface area contributed by atoms with E-state index in [4.69, 9.17) is 5.11 Å². The van der Waals surface area contributed by atoms with Gasteiger partial charge in [-0.05, 0) is 37.5 Å². The van der Waals surface area contributed by atoms with Crippen molar-refractivity contribution in [3.05, 3.63) is 0 Å². The lowest BCUT2D eigenvalue weighted by Gasteiger charge is -2.27. The molecule has 2 aliphatic carbocycles. The molecular weight excluding hydrogens is 242 g/mol. The van der Waals surface area contributed by atoms with Crippen LogP contribution in [0.2, 0.25) is 0 Å². The number of hydrogen-bond donors (Lipinski definition) is 2. The molecule has 2 saturated carbocycles. The lowest BCUT2D eigenvalue weighted by molar-refractivity contribution is -0.142. The van der Waals surface area contributed by atoms with E-state index in [1.807, 2.05) is 0 Å². The van der Waals surface area contributed by atoms with E-state index < -0.39 is 5.97 Å². The Morgan fingerprint density at radius 3 is 2.58 bits per heavy atom. The molecular formula is C15H25NO3. The second-order valence-corrected chi connectivity index (χ2v) is 6.39. The third kappa shape index (κ3) is 3.95. The molecule has 2 rings (SSSR count). The molecule has 0 saturated heterocycles. The van der Waals surface area contributed by atoms with E-state index in [9.17, 15) is 9.59 Å². The maximum Gasteiger partial charge on any atom is 0.308 e. The molecule has 2 aliphatic rings. The van der Waals surface area contributed by atoms with Crippen LogP contribution in [0, 0.1) is 17.8 Å². The zero-order chi connectivity index (χ0) is 13.8. The molecule has 108 valence electrons. The monoisotopic (exact) mass is 267 g/mol. The lowest BCUT2D eigenvalue weighted by Crippen LogP contribution is -2.41. The predicted molar refractivity (Wildman–Crippen MR) is 72.6 cm³/mol. The van der Waals surface area contributed by atoms with Gasteiger partial charge in [-0.2, -0.15) is 0 Å². The first-order valence-corrected chi connectivity index (χ1v) is 7.58. The fraction of sp³-hybridized carbons (Fsp3) is 0.867. The molecule has 4 heteroatoms. The Morgan fingerprint density at radius 1 is 1.16 bits per heavy atom. The zero-order valence-corrected chi connectivity index (χ0v) is 11.7. The fourth-order valence-electron chi connectivity index (χ4n) is 3.70. The van der Waals surface area contributed by atoms with Gasteiger partial charge >= 0.3 is 5.97 Å². The summed E-state index contributed by atoms with van der Waals surface area (Å²) in [4.78, 5) is 23.1. The average molecular weight is 267 g/mol. The third-order valence-electron chi connectivity index (χ3n) is 4.70. The van der Waals surface area contributed by atoms with Gasteiger partial charge < -0.3 is 10.4 Å². The van der Waals surface area contributed by atoms with Gasteiger partial charge in [-0.1, -0.05) is 26.2 Å². The Morgan fingerprint density at radius 2 is 1.89 bits per heavy atom. The van der Waals surface area contributed by atoms with E-state index in [-0.39, 0.29) is 17.9 Å². The number of carboxylic acids is 1. The topological polar surface area (TPSA) is 66.4 Å². The first kappa shape index (κ1) is 14.4. The van der Waals surface area contributed by atoms with Crippen molar-refractivity contribution in [2.24, 2.45) is 17.8 Å². The van der Waals surface area contributed by atoms with Crippen molar-refractivity contribution in [1.29, 1.82) is 0 Å². The van der Waals surface area contributed by atoms with E-state index in [1.54, 1.807) is 0 Å². The summed E-state index contributed by atoms with van der Waals surface area (Å²) in [6, 6.07) is -0.147. The second-order valence-electron chi connectivity index (χ2n) is 6.39. The number of hydrogen-bond acceptors (Lipinski definition) is 2. The van der Waals surface area contributed by atoms with Crippen LogP contribution in [-0.4, -0.2) is 23.0 Å². The minimum Gasteiger partial charge on any atom is -0.481 e. The third-order valence-corrected chi connectivity index (χ3v) is 4.70. The SMILES string of the molecule is CC1CCCC(CC(=O)N[C@@H]2CCC[C@@H]2C(=O)O)C1. The minimum atomic E-state index is -0.769. The fourth-order valence-corrected chi connectivity index (χ4v) is 3.70. The van der Waals surface area contributed by atoms with Crippen molar-refractivity contribution >= 4 is 11.9 Å². The Labute approximate surface area is 115 Å². The molecule has 0 radical (unpaired) electrons. The number of carbonyl (C=O) groups is 2. The number of nitrogens with one attached hydrogen (secondary N) is 1. The van der Waals surface area contributed by atoms with E-state index in [1.165, 1.54) is 12.8 Å². The van der Waals surface area contributed by atoms with Gasteiger partial charge in [-0.25, -0.2) is 0 Å². The summed E-state index contributed by atoms with van der Waals surface area (Å²) in [5.74, 6) is 0.124. The van der Waals surface area contributed by atoms with Crippen molar-refractivity contribution in [3.63, 3.8) is 0 Å². The van der Waals surface area contributed by atoms with Gasteiger partial charge in [0.2, 0.25) is 5.91 Å². The number of aliphatic carboxylic acids is 1. The van der Waals surface area contributed by atoms with Crippen LogP contribution < -0.4 is 5.32 Å². The normalized spacial score (nSPS) is 35.0. The molecule has 0 aromatic heterocycles. The summed E-state index contributed by atoms with van der Waals surface area (Å²) in [7, 11) is 0. The Hall–Kier alpha value is -1.06. The highest BCUT2D eigenvalue weighted by Gasteiger charge is 2.34. The molecule has 2 N–H and O–H groups in total. The number of rotatable bonds is 4. The van der Waals surface area contributed by atoms with E-state index >= 15 is 0 Å². The van der Waals surface area contributed by atoms with Crippen LogP contribution in [0.25, 0.3) is 0 Å². The summed E-state index contributed by atoms with van der Waals surface area (Å²) in [5.41, 5.74) is 0. The van der Waals surface area contributed by atoms with E-state index in [0.717, 1.165) is 31.6 Å². The van der Waals surface area contributed by atoms with Gasteiger partial charge in [0.1, 0.15) is 0 Å². The molecule has 19 heavy (non-hydrogen) atoms. The molecule has 0 aromatic carbocycles. The van der Waals surface area contributed by atoms with E-state index in [2.05, 4.69) is 12.2 Å². The predicted octanol–water partition coefficient (Wildman–Crippen LogP) is 2.57. The van der Waals surface area contributed by atoms with Gasteiger partial charge in [-0.3, -0.25) is 9.59 Å². The highest BCUT2D eigenvalue weighted by Crippen LogP contribution is 2.31. The average Bonchev–Trinajstić information content (AvgIpc) is 2.76. The van der Waals surface area contributed by atoms with Gasteiger partial charge in [-0.15, -0.1) is 0 Å². The van der Waals surface area contributed by atoms with Crippen LogP contribution in [0.15, 0.2) is 0 Å². The van der Waals surface area contributed by atoms with Gasteiger partial charge in [0.25, 0.3) is 0 Å². The highest BCUT2D eigenvalue weighted by atomic mass is 16.4. The molecule has 4 atom stereocenters. The molecule has 0 aliphatic heterocycles. The summed E-state index contributed by atoms with van der Waals surface area (Å²) in [6.45, 7) is 2.25. The van der Waals surface area contributed by atoms with Crippen LogP contribution in [0.1, 0.15) is 58.3 Å². The summed E-state index contributed by atoms with van der Waals surface area (Å²) < 4.78 is 0. The van der Waals surface area contributed by atoms with Crippen molar-refractivity contribution in [3.8, 4) is 0 Å². The number of carboxylic acid groups (broad SMARTS) is 1. The first-order chi connectivity index (χ1) is 9.06. The van der Waals surface area contributed by atoms with Crippen LogP contribution in [-0.2, 0) is 9.59 Å². The number of amides is 1. The van der Waals surface area contributed by atoms with Crippen LogP contribution in [0.3, 0.4) is 0 Å². The Kier molecular flexibility index (Phi) is 4.83. The van der Waals surface area contributed by atoms with Crippen molar-refractivity contribution in [2.75, 3.05) is 0 Å². The van der Waals surface area contributed by atoms with E-state index in [0.29, 0.717) is 18.8 Å². The molecule has 2 fully saturated rings. The first-order valence-electron chi connectivity index (χ1n) is 7.58. The molecule has 0 aromatic rings. The summed E-state index contributed by atoms with van der Waals surface area (Å²) >= 11 is 0. The molecule has 0 spiro atoms. The molecule has 4 nitrogen and oxygen atoms in total. The van der Waals surface area contributed by atoms with Gasteiger partial charge in [0.15, 0.2) is 0 Å². The molecule has 0 bridgehead atoms. The lowest BCUT2D eigenvalue weighted by atomic mass is 9.80. The second kappa shape index (κ2) is 6.40. The molecule has 2 unspecified atom stereocenters. The molecule has 0 heterocycles. The van der Waals surface area contributed by atoms with Crippen molar-refractivity contribution in [2.45, 2.75) is 64.3 Å². The zero-order valence-electron chi connectivity index (χ0n) is 11.7. The maximum absolute atomic E-state index is 12.0.